The molecular weight excluding hydrogens is 182 g/mol. The Balaban J connectivity index is 3.84. The van der Waals surface area contributed by atoms with Gasteiger partial charge in [-0.1, -0.05) is 26.7 Å². The van der Waals surface area contributed by atoms with Crippen molar-refractivity contribution in [3.63, 3.8) is 0 Å². The molecule has 0 aromatic heterocycles. The summed E-state index contributed by atoms with van der Waals surface area (Å²) in [4.78, 5) is 21.4. The molecule has 0 saturated carbocycles. The fourth-order valence-electron chi connectivity index (χ4n) is 1.24. The SMILES string of the molecule is CCCCC(C)C(=O)C(O)CNC=O. The lowest BCUT2D eigenvalue weighted by Crippen LogP contribution is -2.35. The van der Waals surface area contributed by atoms with Gasteiger partial charge in [0.05, 0.1) is 6.54 Å². The number of aliphatic hydroxyl groups excluding tert-OH is 1. The van der Waals surface area contributed by atoms with E-state index in [1.807, 2.05) is 6.92 Å². The highest BCUT2D eigenvalue weighted by Gasteiger charge is 2.20. The van der Waals surface area contributed by atoms with Crippen LogP contribution in [0.15, 0.2) is 0 Å². The summed E-state index contributed by atoms with van der Waals surface area (Å²) >= 11 is 0. The van der Waals surface area contributed by atoms with Crippen molar-refractivity contribution in [2.24, 2.45) is 5.92 Å². The first-order valence-corrected chi connectivity index (χ1v) is 5.02. The van der Waals surface area contributed by atoms with Crippen LogP contribution in [0.3, 0.4) is 0 Å². The highest BCUT2D eigenvalue weighted by atomic mass is 16.3. The van der Waals surface area contributed by atoms with Crippen molar-refractivity contribution in [1.82, 2.24) is 5.32 Å². The maximum atomic E-state index is 11.4. The monoisotopic (exact) mass is 201 g/mol. The average Bonchev–Trinajstić information content (AvgIpc) is 2.21. The molecule has 4 nitrogen and oxygen atoms in total. The van der Waals surface area contributed by atoms with E-state index in [1.54, 1.807) is 0 Å². The Bertz CT molecular complexity index is 182. The van der Waals surface area contributed by atoms with E-state index in [9.17, 15) is 14.7 Å². The van der Waals surface area contributed by atoms with Gasteiger partial charge in [-0.25, -0.2) is 0 Å². The molecule has 0 radical (unpaired) electrons. The number of Topliss-reactive ketones (excluding diaryl/α,β-unsaturated/α-hetero) is 1. The number of unbranched alkanes of at least 4 members (excludes halogenated alkanes) is 1. The van der Waals surface area contributed by atoms with Crippen LogP contribution in [0.2, 0.25) is 0 Å². The second-order valence-corrected chi connectivity index (χ2v) is 3.49. The van der Waals surface area contributed by atoms with Gasteiger partial charge in [-0.3, -0.25) is 9.59 Å². The largest absolute Gasteiger partial charge is 0.383 e. The molecule has 0 aliphatic rings. The van der Waals surface area contributed by atoms with Crippen LogP contribution in [0.1, 0.15) is 33.1 Å². The summed E-state index contributed by atoms with van der Waals surface area (Å²) < 4.78 is 0. The number of ketones is 1. The van der Waals surface area contributed by atoms with Crippen LogP contribution in [0.4, 0.5) is 0 Å². The average molecular weight is 201 g/mol. The first-order valence-electron chi connectivity index (χ1n) is 5.02. The van der Waals surface area contributed by atoms with E-state index in [1.165, 1.54) is 0 Å². The van der Waals surface area contributed by atoms with Gasteiger partial charge < -0.3 is 10.4 Å². The quantitative estimate of drug-likeness (QED) is 0.562. The van der Waals surface area contributed by atoms with Crippen molar-refractivity contribution in [3.05, 3.63) is 0 Å². The smallest absolute Gasteiger partial charge is 0.207 e. The van der Waals surface area contributed by atoms with Gasteiger partial charge in [0.1, 0.15) is 6.10 Å². The van der Waals surface area contributed by atoms with Crippen LogP contribution < -0.4 is 5.32 Å². The minimum atomic E-state index is -1.06. The van der Waals surface area contributed by atoms with Gasteiger partial charge >= 0.3 is 0 Å². The Morgan fingerprint density at radius 1 is 1.57 bits per heavy atom. The van der Waals surface area contributed by atoms with E-state index in [4.69, 9.17) is 0 Å². The van der Waals surface area contributed by atoms with E-state index < -0.39 is 6.10 Å². The zero-order chi connectivity index (χ0) is 11.0. The molecule has 0 aromatic carbocycles. The number of hydrogen-bond donors (Lipinski definition) is 2. The number of hydrogen-bond acceptors (Lipinski definition) is 3. The van der Waals surface area contributed by atoms with E-state index in [0.29, 0.717) is 6.41 Å². The minimum Gasteiger partial charge on any atom is -0.383 e. The normalized spacial score (nSPS) is 14.5. The summed E-state index contributed by atoms with van der Waals surface area (Å²) in [5.74, 6) is -0.314. The molecule has 2 atom stereocenters. The molecule has 0 fully saturated rings. The van der Waals surface area contributed by atoms with Gasteiger partial charge in [0, 0.05) is 5.92 Å². The van der Waals surface area contributed by atoms with Gasteiger partial charge in [-0.15, -0.1) is 0 Å². The van der Waals surface area contributed by atoms with Gasteiger partial charge in [-0.2, -0.15) is 0 Å². The Morgan fingerprint density at radius 2 is 2.21 bits per heavy atom. The Hall–Kier alpha value is -0.900. The van der Waals surface area contributed by atoms with Crippen LogP contribution in [-0.4, -0.2) is 29.9 Å². The van der Waals surface area contributed by atoms with E-state index in [2.05, 4.69) is 12.2 Å². The fraction of sp³-hybridized carbons (Fsp3) is 0.800. The standard InChI is InChI=1S/C10H19NO3/c1-3-4-5-8(2)10(14)9(13)6-11-7-12/h7-9,13H,3-6H2,1-2H3,(H,11,12). The summed E-state index contributed by atoms with van der Waals surface area (Å²) in [6.45, 7) is 3.88. The summed E-state index contributed by atoms with van der Waals surface area (Å²) in [7, 11) is 0. The molecule has 2 N–H and O–H groups in total. The van der Waals surface area contributed by atoms with E-state index in [-0.39, 0.29) is 18.2 Å². The molecule has 4 heteroatoms. The number of carbonyl (C=O) groups is 2. The lowest BCUT2D eigenvalue weighted by molar-refractivity contribution is -0.130. The highest BCUT2D eigenvalue weighted by Crippen LogP contribution is 2.10. The molecule has 14 heavy (non-hydrogen) atoms. The highest BCUT2D eigenvalue weighted by molar-refractivity contribution is 5.85. The first-order chi connectivity index (χ1) is 6.63. The van der Waals surface area contributed by atoms with Crippen molar-refractivity contribution in [2.45, 2.75) is 39.2 Å². The molecule has 0 aromatic rings. The maximum absolute atomic E-state index is 11.4. The maximum Gasteiger partial charge on any atom is 0.207 e. The molecule has 1 amide bonds. The van der Waals surface area contributed by atoms with Crippen LogP contribution >= 0.6 is 0 Å². The van der Waals surface area contributed by atoms with Crippen molar-refractivity contribution in [1.29, 1.82) is 0 Å². The topological polar surface area (TPSA) is 66.4 Å². The summed E-state index contributed by atoms with van der Waals surface area (Å²) in [5.41, 5.74) is 0. The summed E-state index contributed by atoms with van der Waals surface area (Å²) in [5, 5.41) is 11.6. The Morgan fingerprint density at radius 3 is 2.71 bits per heavy atom. The molecule has 0 spiro atoms. The van der Waals surface area contributed by atoms with E-state index >= 15 is 0 Å². The van der Waals surface area contributed by atoms with Crippen LogP contribution in [0.25, 0.3) is 0 Å². The second kappa shape index (κ2) is 7.50. The van der Waals surface area contributed by atoms with Gasteiger partial charge in [0.2, 0.25) is 6.41 Å². The van der Waals surface area contributed by atoms with Crippen molar-refractivity contribution in [3.8, 4) is 0 Å². The molecule has 0 saturated heterocycles. The van der Waals surface area contributed by atoms with Gasteiger partial charge in [0.15, 0.2) is 5.78 Å². The number of amides is 1. The molecule has 0 aliphatic carbocycles. The second-order valence-electron chi connectivity index (χ2n) is 3.49. The van der Waals surface area contributed by atoms with Crippen molar-refractivity contribution < 1.29 is 14.7 Å². The van der Waals surface area contributed by atoms with Crippen LogP contribution in [0.5, 0.6) is 0 Å². The molecule has 0 rings (SSSR count). The number of rotatable bonds is 8. The molecule has 2 unspecified atom stereocenters. The number of aliphatic hydroxyl groups is 1. The predicted molar refractivity (Wildman–Crippen MR) is 53.8 cm³/mol. The van der Waals surface area contributed by atoms with Gasteiger partial charge in [0.25, 0.3) is 0 Å². The zero-order valence-corrected chi connectivity index (χ0v) is 8.82. The van der Waals surface area contributed by atoms with Gasteiger partial charge in [-0.05, 0) is 6.42 Å². The first kappa shape index (κ1) is 13.1. The zero-order valence-electron chi connectivity index (χ0n) is 8.82. The number of carbonyl (C=O) groups excluding carboxylic acids is 2. The van der Waals surface area contributed by atoms with Crippen LogP contribution in [0, 0.1) is 5.92 Å². The fourth-order valence-corrected chi connectivity index (χ4v) is 1.24. The number of nitrogens with one attached hydrogen (secondary N) is 1. The third-order valence-corrected chi connectivity index (χ3v) is 2.20. The lowest BCUT2D eigenvalue weighted by atomic mass is 9.96. The molecular formula is C10H19NO3. The van der Waals surface area contributed by atoms with Crippen molar-refractivity contribution in [2.75, 3.05) is 6.54 Å². The summed E-state index contributed by atoms with van der Waals surface area (Å²) in [6.07, 6.45) is 2.24. The molecule has 0 bridgehead atoms. The van der Waals surface area contributed by atoms with E-state index in [0.717, 1.165) is 19.3 Å². The van der Waals surface area contributed by atoms with Crippen molar-refractivity contribution >= 4 is 12.2 Å². The molecule has 0 heterocycles. The lowest BCUT2D eigenvalue weighted by Gasteiger charge is -2.14. The Kier molecular flexibility index (Phi) is 7.02. The van der Waals surface area contributed by atoms with Crippen LogP contribution in [-0.2, 0) is 9.59 Å². The molecule has 82 valence electrons. The minimum absolute atomic E-state index is 0.0127. The third-order valence-electron chi connectivity index (χ3n) is 2.20. The summed E-state index contributed by atoms with van der Waals surface area (Å²) in [6, 6.07) is 0. The molecule has 0 aliphatic heterocycles. The predicted octanol–water partition coefficient (Wildman–Crippen LogP) is 0.489. The Labute approximate surface area is 84.7 Å². The third kappa shape index (κ3) is 4.97.